The van der Waals surface area contributed by atoms with Crippen LogP contribution in [0.15, 0.2) is 53.4 Å². The highest BCUT2D eigenvalue weighted by atomic mass is 35.5. The molecule has 2 saturated heterocycles. The molecule has 0 radical (unpaired) electrons. The van der Waals surface area contributed by atoms with Crippen molar-refractivity contribution in [3.8, 4) is 0 Å². The fourth-order valence-electron chi connectivity index (χ4n) is 5.12. The molecule has 1 spiro atoms. The molecule has 1 unspecified atom stereocenters. The molecular weight excluding hydrogens is 420 g/mol. The fourth-order valence-corrected chi connectivity index (χ4v) is 6.99. The van der Waals surface area contributed by atoms with Gasteiger partial charge in [0.2, 0.25) is 10.0 Å². The molecule has 2 aliphatic rings. The number of rotatable bonds is 6. The number of ether oxygens (including phenoxy) is 1. The lowest BCUT2D eigenvalue weighted by atomic mass is 9.63. The van der Waals surface area contributed by atoms with Gasteiger partial charge in [0.05, 0.1) is 11.5 Å². The quantitative estimate of drug-likeness (QED) is 0.666. The second kappa shape index (κ2) is 8.60. The van der Waals surface area contributed by atoms with Gasteiger partial charge in [-0.1, -0.05) is 41.9 Å². The SMILES string of the molecule is COCCN1CC2(CCN(S(=O)(=O)c3ccc(Cl)cc3C)CC2)C1c1ccccc1. The highest BCUT2D eigenvalue weighted by Gasteiger charge is 2.54. The van der Waals surface area contributed by atoms with Crippen LogP contribution in [-0.2, 0) is 14.8 Å². The van der Waals surface area contributed by atoms with E-state index in [1.54, 1.807) is 36.5 Å². The summed E-state index contributed by atoms with van der Waals surface area (Å²) in [4.78, 5) is 2.82. The Hall–Kier alpha value is -1.44. The summed E-state index contributed by atoms with van der Waals surface area (Å²) in [5, 5.41) is 0.556. The zero-order valence-electron chi connectivity index (χ0n) is 17.6. The number of hydrogen-bond donors (Lipinski definition) is 0. The lowest BCUT2D eigenvalue weighted by Gasteiger charge is -2.60. The molecule has 30 heavy (non-hydrogen) atoms. The van der Waals surface area contributed by atoms with Crippen LogP contribution >= 0.6 is 11.6 Å². The molecule has 0 bridgehead atoms. The number of nitrogens with zero attached hydrogens (tertiary/aromatic N) is 2. The Morgan fingerprint density at radius 3 is 2.47 bits per heavy atom. The molecule has 0 amide bonds. The van der Waals surface area contributed by atoms with Crippen LogP contribution in [0.5, 0.6) is 0 Å². The third kappa shape index (κ3) is 3.92. The van der Waals surface area contributed by atoms with Crippen molar-refractivity contribution >= 4 is 21.6 Å². The van der Waals surface area contributed by atoms with Gasteiger partial charge in [-0.2, -0.15) is 4.31 Å². The van der Waals surface area contributed by atoms with Gasteiger partial charge in [0.1, 0.15) is 0 Å². The first-order chi connectivity index (χ1) is 14.4. The third-order valence-electron chi connectivity index (χ3n) is 6.63. The summed E-state index contributed by atoms with van der Waals surface area (Å²) in [6, 6.07) is 15.9. The number of halogens is 1. The Kier molecular flexibility index (Phi) is 6.24. The number of aryl methyl sites for hydroxylation is 1. The van der Waals surface area contributed by atoms with Gasteiger partial charge in [-0.15, -0.1) is 0 Å². The minimum Gasteiger partial charge on any atom is -0.383 e. The molecular formula is C23H29ClN2O3S. The monoisotopic (exact) mass is 448 g/mol. The minimum atomic E-state index is -3.51. The van der Waals surface area contributed by atoms with E-state index in [1.165, 1.54) is 5.56 Å². The predicted molar refractivity (Wildman–Crippen MR) is 119 cm³/mol. The molecule has 4 rings (SSSR count). The van der Waals surface area contributed by atoms with Crippen molar-refractivity contribution in [1.82, 2.24) is 9.21 Å². The van der Waals surface area contributed by atoms with Crippen molar-refractivity contribution < 1.29 is 13.2 Å². The maximum atomic E-state index is 13.2. The minimum absolute atomic E-state index is 0.121. The Bertz CT molecular complexity index is 989. The number of piperidine rings is 1. The zero-order valence-corrected chi connectivity index (χ0v) is 19.1. The van der Waals surface area contributed by atoms with E-state index in [0.717, 1.165) is 25.9 Å². The average molecular weight is 449 g/mol. The van der Waals surface area contributed by atoms with E-state index < -0.39 is 10.0 Å². The van der Waals surface area contributed by atoms with Crippen LogP contribution in [0.4, 0.5) is 0 Å². The Balaban J connectivity index is 1.52. The maximum Gasteiger partial charge on any atom is 0.243 e. The summed E-state index contributed by atoms with van der Waals surface area (Å²) in [6.45, 7) is 5.48. The van der Waals surface area contributed by atoms with Gasteiger partial charge in [0.15, 0.2) is 0 Å². The Labute approximate surface area is 184 Å². The maximum absolute atomic E-state index is 13.2. The highest BCUT2D eigenvalue weighted by molar-refractivity contribution is 7.89. The van der Waals surface area contributed by atoms with Gasteiger partial charge >= 0.3 is 0 Å². The first-order valence-corrected chi connectivity index (χ1v) is 12.2. The first kappa shape index (κ1) is 21.8. The van der Waals surface area contributed by atoms with Crippen LogP contribution in [-0.4, -0.2) is 57.5 Å². The number of hydrogen-bond acceptors (Lipinski definition) is 4. The lowest BCUT2D eigenvalue weighted by molar-refractivity contribution is -0.110. The summed E-state index contributed by atoms with van der Waals surface area (Å²) in [5.41, 5.74) is 2.12. The first-order valence-electron chi connectivity index (χ1n) is 10.4. The molecule has 2 fully saturated rings. The lowest BCUT2D eigenvalue weighted by Crippen LogP contribution is -2.62. The smallest absolute Gasteiger partial charge is 0.243 e. The molecule has 1 atom stereocenters. The van der Waals surface area contributed by atoms with E-state index in [2.05, 4.69) is 29.2 Å². The summed E-state index contributed by atoms with van der Waals surface area (Å²) < 4.78 is 33.4. The molecule has 5 nitrogen and oxygen atoms in total. The normalized spacial score (nSPS) is 22.2. The van der Waals surface area contributed by atoms with Crippen LogP contribution < -0.4 is 0 Å². The average Bonchev–Trinajstić information content (AvgIpc) is 2.72. The van der Waals surface area contributed by atoms with Crippen LogP contribution in [0.2, 0.25) is 5.02 Å². The number of sulfonamides is 1. The van der Waals surface area contributed by atoms with Crippen LogP contribution in [0.1, 0.15) is 30.0 Å². The molecule has 0 aromatic heterocycles. The molecule has 2 aromatic carbocycles. The molecule has 0 N–H and O–H groups in total. The summed E-state index contributed by atoms with van der Waals surface area (Å²) in [6.07, 6.45) is 1.73. The zero-order chi connectivity index (χ0) is 21.4. The largest absolute Gasteiger partial charge is 0.383 e. The molecule has 2 heterocycles. The van der Waals surface area contributed by atoms with Gasteiger partial charge in [0.25, 0.3) is 0 Å². The summed E-state index contributed by atoms with van der Waals surface area (Å²) >= 11 is 6.02. The van der Waals surface area contributed by atoms with Gasteiger partial charge < -0.3 is 4.74 Å². The molecule has 162 valence electrons. The van der Waals surface area contributed by atoms with Gasteiger partial charge in [-0.3, -0.25) is 4.90 Å². The Morgan fingerprint density at radius 1 is 1.13 bits per heavy atom. The van der Waals surface area contributed by atoms with Crippen LogP contribution in [0.25, 0.3) is 0 Å². The molecule has 2 aliphatic heterocycles. The van der Waals surface area contributed by atoms with Crippen molar-refractivity contribution in [2.75, 3.05) is 39.9 Å². The van der Waals surface area contributed by atoms with E-state index in [9.17, 15) is 8.42 Å². The fraction of sp³-hybridized carbons (Fsp3) is 0.478. The van der Waals surface area contributed by atoms with Crippen LogP contribution in [0, 0.1) is 12.3 Å². The summed E-state index contributed by atoms with van der Waals surface area (Å²) in [5.74, 6) is 0. The van der Waals surface area contributed by atoms with E-state index in [1.807, 2.05) is 6.07 Å². The molecule has 2 aromatic rings. The number of likely N-dealkylation sites (tertiary alicyclic amines) is 1. The van der Waals surface area contributed by atoms with Gasteiger partial charge in [-0.25, -0.2) is 8.42 Å². The molecule has 7 heteroatoms. The van der Waals surface area contributed by atoms with E-state index in [4.69, 9.17) is 16.3 Å². The Morgan fingerprint density at radius 2 is 1.83 bits per heavy atom. The highest BCUT2D eigenvalue weighted by Crippen LogP contribution is 2.55. The van der Waals surface area contributed by atoms with E-state index in [-0.39, 0.29) is 5.41 Å². The van der Waals surface area contributed by atoms with E-state index >= 15 is 0 Å². The van der Waals surface area contributed by atoms with Gasteiger partial charge in [0, 0.05) is 49.8 Å². The van der Waals surface area contributed by atoms with Crippen molar-refractivity contribution in [1.29, 1.82) is 0 Å². The number of methoxy groups -OCH3 is 1. The van der Waals surface area contributed by atoms with Crippen molar-refractivity contribution in [3.63, 3.8) is 0 Å². The summed E-state index contributed by atoms with van der Waals surface area (Å²) in [7, 11) is -1.78. The van der Waals surface area contributed by atoms with E-state index in [0.29, 0.717) is 41.2 Å². The standard InChI is InChI=1S/C23H29ClN2O3S/c1-18-16-20(24)8-9-21(18)30(27,28)26-12-10-23(11-13-26)17-25(14-15-29-2)22(23)19-6-4-3-5-7-19/h3-9,16,22H,10-15,17H2,1-2H3. The number of benzene rings is 2. The van der Waals surface area contributed by atoms with Crippen LogP contribution in [0.3, 0.4) is 0 Å². The predicted octanol–water partition coefficient (Wildman–Crippen LogP) is 4.12. The molecule has 0 aliphatic carbocycles. The van der Waals surface area contributed by atoms with Gasteiger partial charge in [-0.05, 0) is 49.1 Å². The topological polar surface area (TPSA) is 49.9 Å². The third-order valence-corrected chi connectivity index (χ3v) is 8.93. The van der Waals surface area contributed by atoms with Crippen molar-refractivity contribution in [2.45, 2.75) is 30.7 Å². The second-order valence-electron chi connectivity index (χ2n) is 8.45. The van der Waals surface area contributed by atoms with Crippen molar-refractivity contribution in [2.24, 2.45) is 5.41 Å². The molecule has 0 saturated carbocycles. The van der Waals surface area contributed by atoms with Crippen molar-refractivity contribution in [3.05, 3.63) is 64.7 Å². The second-order valence-corrected chi connectivity index (χ2v) is 10.8.